The molecule has 1 heterocycles. The summed E-state index contributed by atoms with van der Waals surface area (Å²) in [6.45, 7) is 0. The summed E-state index contributed by atoms with van der Waals surface area (Å²) in [7, 11) is 0. The van der Waals surface area contributed by atoms with Crippen LogP contribution in [0.3, 0.4) is 0 Å². The van der Waals surface area contributed by atoms with E-state index in [9.17, 15) is 14.3 Å². The zero-order chi connectivity index (χ0) is 12.6. The number of benzene rings is 1. The van der Waals surface area contributed by atoms with Crippen molar-refractivity contribution in [1.29, 1.82) is 0 Å². The minimum atomic E-state index is -0.822. The second kappa shape index (κ2) is 4.13. The lowest BCUT2D eigenvalue weighted by Crippen LogP contribution is -2.13. The highest BCUT2D eigenvalue weighted by atomic mass is 79.9. The van der Waals surface area contributed by atoms with Crippen molar-refractivity contribution in [3.63, 3.8) is 0 Å². The van der Waals surface area contributed by atoms with Crippen LogP contribution in [0.4, 0.5) is 4.39 Å². The Morgan fingerprint density at radius 3 is 2.82 bits per heavy atom. The summed E-state index contributed by atoms with van der Waals surface area (Å²) in [5.41, 5.74) is 4.91. The van der Waals surface area contributed by atoms with Crippen molar-refractivity contribution in [1.82, 2.24) is 15.4 Å². The van der Waals surface area contributed by atoms with Gasteiger partial charge in [-0.3, -0.25) is 4.79 Å². The van der Waals surface area contributed by atoms with E-state index in [0.29, 0.717) is 0 Å². The van der Waals surface area contributed by atoms with Crippen LogP contribution in [-0.4, -0.2) is 26.4 Å². The lowest BCUT2D eigenvalue weighted by atomic mass is 10.1. The van der Waals surface area contributed by atoms with Gasteiger partial charge >= 0.3 is 0 Å². The number of aromatic nitrogens is 3. The van der Waals surface area contributed by atoms with Crippen molar-refractivity contribution in [2.45, 2.75) is 0 Å². The lowest BCUT2D eigenvalue weighted by molar-refractivity contribution is 0.0996. The quantitative estimate of drug-likeness (QED) is 0.774. The first-order valence-electron chi connectivity index (χ1n) is 4.39. The predicted molar refractivity (Wildman–Crippen MR) is 59.7 cm³/mol. The number of hydrogen-bond acceptors (Lipinski definition) is 4. The first-order chi connectivity index (χ1) is 8.00. The van der Waals surface area contributed by atoms with Crippen molar-refractivity contribution in [2.75, 3.05) is 0 Å². The van der Waals surface area contributed by atoms with Gasteiger partial charge in [-0.05, 0) is 22.0 Å². The fourth-order valence-corrected chi connectivity index (χ4v) is 1.65. The molecule has 0 aliphatic rings. The molecule has 0 atom stereocenters. The molecule has 1 aromatic heterocycles. The van der Waals surface area contributed by atoms with Crippen molar-refractivity contribution in [3.8, 4) is 17.0 Å². The van der Waals surface area contributed by atoms with Crippen LogP contribution in [0.1, 0.15) is 10.5 Å². The average Bonchev–Trinajstić information content (AvgIpc) is 2.72. The van der Waals surface area contributed by atoms with Gasteiger partial charge in [-0.15, -0.1) is 0 Å². The number of primary amides is 1. The van der Waals surface area contributed by atoms with E-state index in [1.165, 1.54) is 6.07 Å². The number of aromatic hydroxyl groups is 1. The van der Waals surface area contributed by atoms with Gasteiger partial charge in [0.25, 0.3) is 5.91 Å². The van der Waals surface area contributed by atoms with Crippen LogP contribution >= 0.6 is 15.9 Å². The standard InChI is InChI=1S/C9H6BrFN4O2/c10-4-1-3(5(11)2-6(4)16)7-8(9(12)17)14-15-13-7/h1-2,16H,(H2,12,17)(H,13,14,15). The minimum Gasteiger partial charge on any atom is -0.507 e. The second-order valence-corrected chi connectivity index (χ2v) is 4.02. The van der Waals surface area contributed by atoms with E-state index < -0.39 is 11.7 Å². The van der Waals surface area contributed by atoms with Gasteiger partial charge in [0.15, 0.2) is 5.69 Å². The molecule has 0 aliphatic carbocycles. The van der Waals surface area contributed by atoms with Crippen LogP contribution in [0.2, 0.25) is 0 Å². The molecule has 2 aromatic rings. The predicted octanol–water partition coefficient (Wildman–Crippen LogP) is 1.18. The molecular formula is C9H6BrFN4O2. The highest BCUT2D eigenvalue weighted by Crippen LogP contribution is 2.32. The largest absolute Gasteiger partial charge is 0.507 e. The molecule has 1 amide bonds. The van der Waals surface area contributed by atoms with E-state index in [1.807, 2.05) is 0 Å². The number of amides is 1. The summed E-state index contributed by atoms with van der Waals surface area (Å²) in [5.74, 6) is -1.81. The average molecular weight is 301 g/mol. The highest BCUT2D eigenvalue weighted by molar-refractivity contribution is 9.10. The Labute approximate surface area is 103 Å². The first kappa shape index (κ1) is 11.5. The fourth-order valence-electron chi connectivity index (χ4n) is 1.31. The molecule has 2 rings (SSSR count). The van der Waals surface area contributed by atoms with Crippen molar-refractivity contribution >= 4 is 21.8 Å². The smallest absolute Gasteiger partial charge is 0.271 e. The van der Waals surface area contributed by atoms with Gasteiger partial charge in [-0.1, -0.05) is 0 Å². The van der Waals surface area contributed by atoms with Crippen LogP contribution < -0.4 is 5.73 Å². The maximum atomic E-state index is 13.6. The van der Waals surface area contributed by atoms with Gasteiger partial charge in [0.2, 0.25) is 0 Å². The van der Waals surface area contributed by atoms with Crippen LogP contribution in [0.25, 0.3) is 11.3 Å². The normalized spacial score (nSPS) is 10.5. The number of carbonyl (C=O) groups excluding carboxylic acids is 1. The van der Waals surface area contributed by atoms with E-state index >= 15 is 0 Å². The monoisotopic (exact) mass is 300 g/mol. The van der Waals surface area contributed by atoms with E-state index in [4.69, 9.17) is 5.73 Å². The molecule has 0 spiro atoms. The molecule has 0 aliphatic heterocycles. The number of phenols is 1. The van der Waals surface area contributed by atoms with Gasteiger partial charge in [-0.2, -0.15) is 15.4 Å². The van der Waals surface area contributed by atoms with E-state index in [2.05, 4.69) is 31.3 Å². The first-order valence-corrected chi connectivity index (χ1v) is 5.19. The zero-order valence-electron chi connectivity index (χ0n) is 8.24. The number of rotatable bonds is 2. The van der Waals surface area contributed by atoms with Gasteiger partial charge < -0.3 is 10.8 Å². The third-order valence-corrected chi connectivity index (χ3v) is 2.71. The molecule has 17 heavy (non-hydrogen) atoms. The number of nitrogens with one attached hydrogen (secondary N) is 1. The SMILES string of the molecule is NC(=O)c1n[nH]nc1-c1cc(Br)c(O)cc1F. The summed E-state index contributed by atoms with van der Waals surface area (Å²) < 4.78 is 13.9. The van der Waals surface area contributed by atoms with Crippen LogP contribution in [0.15, 0.2) is 16.6 Å². The fraction of sp³-hybridized carbons (Fsp3) is 0. The number of H-pyrrole nitrogens is 1. The summed E-state index contributed by atoms with van der Waals surface area (Å²) in [5, 5.41) is 18.7. The van der Waals surface area contributed by atoms with Crippen LogP contribution in [-0.2, 0) is 0 Å². The molecule has 0 saturated carbocycles. The summed E-state index contributed by atoms with van der Waals surface area (Å²) in [6, 6.07) is 2.19. The maximum Gasteiger partial charge on any atom is 0.271 e. The maximum absolute atomic E-state index is 13.6. The van der Waals surface area contributed by atoms with Gasteiger partial charge in [-0.25, -0.2) is 4.39 Å². The number of nitrogens with zero attached hydrogens (tertiary/aromatic N) is 2. The van der Waals surface area contributed by atoms with Crippen molar-refractivity contribution in [3.05, 3.63) is 28.1 Å². The molecule has 8 heteroatoms. The Bertz CT molecular complexity index is 599. The second-order valence-electron chi connectivity index (χ2n) is 3.17. The van der Waals surface area contributed by atoms with Crippen molar-refractivity contribution < 1.29 is 14.3 Å². The Morgan fingerprint density at radius 1 is 1.47 bits per heavy atom. The molecule has 0 saturated heterocycles. The van der Waals surface area contributed by atoms with E-state index in [1.54, 1.807) is 0 Å². The van der Waals surface area contributed by atoms with Crippen molar-refractivity contribution in [2.24, 2.45) is 5.73 Å². The molecular weight excluding hydrogens is 295 g/mol. The third kappa shape index (κ3) is 1.98. The summed E-state index contributed by atoms with van der Waals surface area (Å²) >= 11 is 3.04. The molecule has 0 fully saturated rings. The Morgan fingerprint density at radius 2 is 2.18 bits per heavy atom. The highest BCUT2D eigenvalue weighted by Gasteiger charge is 2.19. The number of carbonyl (C=O) groups is 1. The minimum absolute atomic E-state index is 0.00398. The molecule has 0 bridgehead atoms. The summed E-state index contributed by atoms with van der Waals surface area (Å²) in [4.78, 5) is 11.0. The number of hydrogen-bond donors (Lipinski definition) is 3. The number of phenolic OH excluding ortho intramolecular Hbond substituents is 1. The number of halogens is 2. The third-order valence-electron chi connectivity index (χ3n) is 2.07. The van der Waals surface area contributed by atoms with Gasteiger partial charge in [0, 0.05) is 11.6 Å². The number of nitrogens with two attached hydrogens (primary N) is 1. The molecule has 6 nitrogen and oxygen atoms in total. The van der Waals surface area contributed by atoms with E-state index in [-0.39, 0.29) is 27.2 Å². The molecule has 0 unspecified atom stereocenters. The van der Waals surface area contributed by atoms with Gasteiger partial charge in [0.05, 0.1) is 4.47 Å². The Balaban J connectivity index is 2.64. The van der Waals surface area contributed by atoms with Gasteiger partial charge in [0.1, 0.15) is 17.3 Å². The van der Waals surface area contributed by atoms with Crippen LogP contribution in [0, 0.1) is 5.82 Å². The number of aromatic amines is 1. The molecule has 4 N–H and O–H groups in total. The molecule has 0 radical (unpaired) electrons. The topological polar surface area (TPSA) is 105 Å². The molecule has 88 valence electrons. The lowest BCUT2D eigenvalue weighted by Gasteiger charge is -2.03. The summed E-state index contributed by atoms with van der Waals surface area (Å²) in [6.07, 6.45) is 0. The van der Waals surface area contributed by atoms with Crippen LogP contribution in [0.5, 0.6) is 5.75 Å². The zero-order valence-corrected chi connectivity index (χ0v) is 9.82. The Kier molecular flexibility index (Phi) is 2.80. The Hall–Kier alpha value is -1.96. The molecule has 1 aromatic carbocycles. The van der Waals surface area contributed by atoms with E-state index in [0.717, 1.165) is 6.07 Å².